The van der Waals surface area contributed by atoms with E-state index in [4.69, 9.17) is 9.47 Å². The molecular formula is C18H20N2O3. The number of amides is 1. The summed E-state index contributed by atoms with van der Waals surface area (Å²) in [6.45, 7) is 8.25. The highest BCUT2D eigenvalue weighted by molar-refractivity contribution is 6.02. The van der Waals surface area contributed by atoms with Crippen molar-refractivity contribution in [3.63, 3.8) is 0 Å². The molecule has 0 fully saturated rings. The monoisotopic (exact) mass is 312 g/mol. The number of ether oxygens (including phenoxy) is 2. The lowest BCUT2D eigenvalue weighted by Crippen LogP contribution is -2.23. The summed E-state index contributed by atoms with van der Waals surface area (Å²) in [7, 11) is 0. The maximum absolute atomic E-state index is 12.3. The average Bonchev–Trinajstić information content (AvgIpc) is 3.01. The normalized spacial score (nSPS) is 21.0. The number of hydrogen-bond donors (Lipinski definition) is 1. The van der Waals surface area contributed by atoms with Gasteiger partial charge in [0.05, 0.1) is 5.71 Å². The lowest BCUT2D eigenvalue weighted by atomic mass is 9.85. The molecular weight excluding hydrogens is 292 g/mol. The van der Waals surface area contributed by atoms with E-state index in [0.717, 1.165) is 29.7 Å². The largest absolute Gasteiger partial charge is 0.454 e. The van der Waals surface area contributed by atoms with Gasteiger partial charge in [-0.2, -0.15) is 5.10 Å². The Labute approximate surface area is 135 Å². The van der Waals surface area contributed by atoms with Gasteiger partial charge in [-0.3, -0.25) is 4.79 Å². The fourth-order valence-electron chi connectivity index (χ4n) is 2.64. The van der Waals surface area contributed by atoms with Crippen LogP contribution in [0.4, 0.5) is 0 Å². The first kappa shape index (κ1) is 15.3. The van der Waals surface area contributed by atoms with Crippen molar-refractivity contribution in [2.75, 3.05) is 6.79 Å². The summed E-state index contributed by atoms with van der Waals surface area (Å²) in [5.41, 5.74) is 6.27. The Morgan fingerprint density at radius 2 is 2.13 bits per heavy atom. The van der Waals surface area contributed by atoms with Crippen LogP contribution >= 0.6 is 0 Å². The molecule has 1 aromatic carbocycles. The van der Waals surface area contributed by atoms with Crippen LogP contribution in [0.25, 0.3) is 0 Å². The maximum Gasteiger partial charge on any atom is 0.271 e. The first-order valence-corrected chi connectivity index (χ1v) is 7.63. The lowest BCUT2D eigenvalue weighted by molar-refractivity contribution is 0.0954. The molecule has 0 saturated carbocycles. The number of nitrogens with zero attached hydrogens (tertiary/aromatic N) is 1. The van der Waals surface area contributed by atoms with Gasteiger partial charge in [-0.05, 0) is 56.4 Å². The van der Waals surface area contributed by atoms with Crippen molar-refractivity contribution in [2.24, 2.45) is 11.0 Å². The summed E-state index contributed by atoms with van der Waals surface area (Å²) in [4.78, 5) is 12.3. The van der Waals surface area contributed by atoms with Gasteiger partial charge < -0.3 is 9.47 Å². The third kappa shape index (κ3) is 3.28. The fraction of sp³-hybridized carbons (Fsp3) is 0.333. The van der Waals surface area contributed by atoms with Gasteiger partial charge in [0.2, 0.25) is 6.79 Å². The Kier molecular flexibility index (Phi) is 4.19. The van der Waals surface area contributed by atoms with Gasteiger partial charge in [-0.25, -0.2) is 5.43 Å². The van der Waals surface area contributed by atoms with E-state index >= 15 is 0 Å². The van der Waals surface area contributed by atoms with Crippen molar-refractivity contribution in [1.29, 1.82) is 0 Å². The van der Waals surface area contributed by atoms with Crippen LogP contribution in [-0.4, -0.2) is 18.4 Å². The molecule has 3 rings (SSSR count). The molecule has 120 valence electrons. The molecule has 5 heteroatoms. The van der Waals surface area contributed by atoms with Crippen molar-refractivity contribution in [3.05, 3.63) is 47.6 Å². The predicted molar refractivity (Wildman–Crippen MR) is 88.8 cm³/mol. The van der Waals surface area contributed by atoms with Gasteiger partial charge in [-0.1, -0.05) is 18.2 Å². The molecule has 1 heterocycles. The second kappa shape index (κ2) is 6.28. The van der Waals surface area contributed by atoms with Gasteiger partial charge in [0.1, 0.15) is 0 Å². The quantitative estimate of drug-likeness (QED) is 0.687. The van der Waals surface area contributed by atoms with Crippen molar-refractivity contribution in [3.8, 4) is 11.5 Å². The zero-order valence-electron chi connectivity index (χ0n) is 13.4. The highest BCUT2D eigenvalue weighted by atomic mass is 16.7. The Morgan fingerprint density at radius 3 is 2.91 bits per heavy atom. The van der Waals surface area contributed by atoms with E-state index in [0.29, 0.717) is 23.0 Å². The summed E-state index contributed by atoms with van der Waals surface area (Å²) in [6, 6.07) is 5.09. The molecule has 1 N–H and O–H groups in total. The van der Waals surface area contributed by atoms with E-state index in [2.05, 4.69) is 23.2 Å². The fourth-order valence-corrected chi connectivity index (χ4v) is 2.64. The predicted octanol–water partition coefficient (Wildman–Crippen LogP) is 3.43. The number of carbonyl (C=O) groups excluding carboxylic acids is 1. The molecule has 0 unspecified atom stereocenters. The molecule has 1 aliphatic heterocycles. The molecule has 1 atom stereocenters. The van der Waals surface area contributed by atoms with Crippen molar-refractivity contribution in [1.82, 2.24) is 5.43 Å². The second-order valence-corrected chi connectivity index (χ2v) is 5.94. The van der Waals surface area contributed by atoms with Gasteiger partial charge >= 0.3 is 0 Å². The zero-order chi connectivity index (χ0) is 16.4. The van der Waals surface area contributed by atoms with Crippen LogP contribution < -0.4 is 14.9 Å². The minimum Gasteiger partial charge on any atom is -0.454 e. The van der Waals surface area contributed by atoms with Crippen molar-refractivity contribution in [2.45, 2.75) is 26.7 Å². The highest BCUT2D eigenvalue weighted by Gasteiger charge is 2.19. The third-order valence-corrected chi connectivity index (χ3v) is 4.23. The molecule has 23 heavy (non-hydrogen) atoms. The minimum absolute atomic E-state index is 0.189. The van der Waals surface area contributed by atoms with Crippen LogP contribution in [0.2, 0.25) is 0 Å². The van der Waals surface area contributed by atoms with E-state index in [1.165, 1.54) is 0 Å². The van der Waals surface area contributed by atoms with Crippen LogP contribution in [0.1, 0.15) is 37.0 Å². The van der Waals surface area contributed by atoms with Crippen LogP contribution in [-0.2, 0) is 0 Å². The molecule has 5 nitrogen and oxygen atoms in total. The SMILES string of the molecule is C=C(C)[C@@H]1CC=C(C)/C(=N\NC(=O)c2ccc3c(c2)OCO3)C1. The number of rotatable bonds is 3. The van der Waals surface area contributed by atoms with Crippen LogP contribution in [0.5, 0.6) is 11.5 Å². The summed E-state index contributed by atoms with van der Waals surface area (Å²) in [5, 5.41) is 4.30. The molecule has 1 amide bonds. The molecule has 0 aromatic heterocycles. The molecule has 0 bridgehead atoms. The topological polar surface area (TPSA) is 59.9 Å². The molecule has 0 saturated heterocycles. The first-order chi connectivity index (χ1) is 11.0. The lowest BCUT2D eigenvalue weighted by Gasteiger charge is -2.22. The van der Waals surface area contributed by atoms with Crippen LogP contribution in [0.15, 0.2) is 47.1 Å². The Morgan fingerprint density at radius 1 is 1.35 bits per heavy atom. The van der Waals surface area contributed by atoms with Gasteiger partial charge in [-0.15, -0.1) is 0 Å². The molecule has 1 aromatic rings. The molecule has 0 spiro atoms. The summed E-state index contributed by atoms with van der Waals surface area (Å²) >= 11 is 0. The summed E-state index contributed by atoms with van der Waals surface area (Å²) in [6.07, 6.45) is 3.93. The number of carbonyl (C=O) groups is 1. The Hall–Kier alpha value is -2.56. The number of benzene rings is 1. The number of allylic oxidation sites excluding steroid dienone is 3. The molecule has 0 radical (unpaired) electrons. The number of nitrogens with one attached hydrogen (secondary N) is 1. The van der Waals surface area contributed by atoms with Crippen molar-refractivity contribution < 1.29 is 14.3 Å². The van der Waals surface area contributed by atoms with Gasteiger partial charge in [0.15, 0.2) is 11.5 Å². The maximum atomic E-state index is 12.3. The van der Waals surface area contributed by atoms with Crippen LogP contribution in [0, 0.1) is 5.92 Å². The van der Waals surface area contributed by atoms with Gasteiger partial charge in [0.25, 0.3) is 5.91 Å². The summed E-state index contributed by atoms with van der Waals surface area (Å²) in [5.74, 6) is 1.37. The minimum atomic E-state index is -0.263. The van der Waals surface area contributed by atoms with E-state index in [1.807, 2.05) is 13.8 Å². The second-order valence-electron chi connectivity index (χ2n) is 5.94. The van der Waals surface area contributed by atoms with Crippen molar-refractivity contribution >= 4 is 11.6 Å². The Bertz CT molecular complexity index is 719. The number of fused-ring (bicyclic) bond motifs is 1. The smallest absolute Gasteiger partial charge is 0.271 e. The van der Waals surface area contributed by atoms with E-state index in [1.54, 1.807) is 18.2 Å². The molecule has 1 aliphatic carbocycles. The van der Waals surface area contributed by atoms with Crippen LogP contribution in [0.3, 0.4) is 0 Å². The Balaban J connectivity index is 1.71. The van der Waals surface area contributed by atoms with E-state index in [-0.39, 0.29) is 12.7 Å². The average molecular weight is 312 g/mol. The molecule has 2 aliphatic rings. The van der Waals surface area contributed by atoms with E-state index < -0.39 is 0 Å². The summed E-state index contributed by atoms with van der Waals surface area (Å²) < 4.78 is 10.5. The van der Waals surface area contributed by atoms with E-state index in [9.17, 15) is 4.79 Å². The number of hydrogen-bond acceptors (Lipinski definition) is 4. The standard InChI is InChI=1S/C18H20N2O3/c1-11(2)13-5-4-12(3)15(8-13)19-20-18(21)14-6-7-16-17(9-14)23-10-22-16/h4,6-7,9,13H,1,5,8,10H2,2-3H3,(H,20,21)/b19-15-/t13-/m1/s1. The number of hydrazone groups is 1. The highest BCUT2D eigenvalue weighted by Crippen LogP contribution is 2.32. The first-order valence-electron chi connectivity index (χ1n) is 7.63. The third-order valence-electron chi connectivity index (χ3n) is 4.23. The zero-order valence-corrected chi connectivity index (χ0v) is 13.4. The van der Waals surface area contributed by atoms with Gasteiger partial charge in [0, 0.05) is 5.56 Å².